The summed E-state index contributed by atoms with van der Waals surface area (Å²) in [5.41, 5.74) is 3.27. The maximum atomic E-state index is 13.3. The molecular weight excluding hydrogens is 444 g/mol. The van der Waals surface area contributed by atoms with E-state index in [1.54, 1.807) is 24.5 Å². The van der Waals surface area contributed by atoms with Crippen LogP contribution in [0.25, 0.3) is 0 Å². The second kappa shape index (κ2) is 13.0. The van der Waals surface area contributed by atoms with Gasteiger partial charge in [-0.05, 0) is 69.7 Å². The van der Waals surface area contributed by atoms with E-state index in [2.05, 4.69) is 20.6 Å². The SMILES string of the molecule is CCOc1cc(C(=O)NC(=NCc2ccncc2)Nc2ccc(C)cc2)cc(OCC)c1OCC. The molecule has 0 radical (unpaired) electrons. The topological polar surface area (TPSA) is 94.1 Å². The number of pyridine rings is 1. The van der Waals surface area contributed by atoms with Gasteiger partial charge < -0.3 is 19.5 Å². The van der Waals surface area contributed by atoms with Crippen LogP contribution in [0, 0.1) is 6.92 Å². The molecule has 0 saturated carbocycles. The third kappa shape index (κ3) is 7.46. The predicted octanol–water partition coefficient (Wildman–Crippen LogP) is 4.98. The lowest BCUT2D eigenvalue weighted by molar-refractivity contribution is 0.0975. The van der Waals surface area contributed by atoms with Gasteiger partial charge in [-0.1, -0.05) is 17.7 Å². The molecule has 0 aliphatic carbocycles. The van der Waals surface area contributed by atoms with Gasteiger partial charge in [0.2, 0.25) is 11.7 Å². The number of hydrogen-bond donors (Lipinski definition) is 2. The molecule has 0 aliphatic rings. The fourth-order valence-corrected chi connectivity index (χ4v) is 3.24. The second-order valence-electron chi connectivity index (χ2n) is 7.57. The summed E-state index contributed by atoms with van der Waals surface area (Å²) in [6.45, 7) is 9.30. The number of ether oxygens (including phenoxy) is 3. The van der Waals surface area contributed by atoms with Crippen LogP contribution in [0.3, 0.4) is 0 Å². The minimum absolute atomic E-state index is 0.320. The highest BCUT2D eigenvalue weighted by molar-refractivity contribution is 6.10. The van der Waals surface area contributed by atoms with Crippen LogP contribution >= 0.6 is 0 Å². The molecule has 35 heavy (non-hydrogen) atoms. The minimum Gasteiger partial charge on any atom is -0.490 e. The van der Waals surface area contributed by atoms with E-state index >= 15 is 0 Å². The highest BCUT2D eigenvalue weighted by Gasteiger charge is 2.19. The van der Waals surface area contributed by atoms with Gasteiger partial charge in [0.15, 0.2) is 11.5 Å². The molecule has 1 amide bonds. The molecule has 0 atom stereocenters. The summed E-state index contributed by atoms with van der Waals surface area (Å²) in [5, 5.41) is 6.09. The number of guanidine groups is 1. The van der Waals surface area contributed by atoms with Gasteiger partial charge in [0.1, 0.15) is 0 Å². The highest BCUT2D eigenvalue weighted by Crippen LogP contribution is 2.39. The van der Waals surface area contributed by atoms with Crippen molar-refractivity contribution in [3.63, 3.8) is 0 Å². The van der Waals surface area contributed by atoms with Crippen molar-refractivity contribution in [3.05, 3.63) is 77.6 Å². The van der Waals surface area contributed by atoms with Gasteiger partial charge in [-0.25, -0.2) is 4.99 Å². The molecule has 3 rings (SSSR count). The molecule has 8 heteroatoms. The molecule has 0 unspecified atom stereocenters. The van der Waals surface area contributed by atoms with Gasteiger partial charge in [0.25, 0.3) is 5.91 Å². The van der Waals surface area contributed by atoms with Crippen molar-refractivity contribution in [2.45, 2.75) is 34.2 Å². The lowest BCUT2D eigenvalue weighted by Gasteiger charge is -2.17. The Balaban J connectivity index is 1.90. The van der Waals surface area contributed by atoms with Crippen LogP contribution in [0.1, 0.15) is 42.3 Å². The number of rotatable bonds is 10. The zero-order chi connectivity index (χ0) is 25.0. The molecule has 1 aromatic heterocycles. The summed E-state index contributed by atoms with van der Waals surface area (Å²) >= 11 is 0. The molecule has 0 aliphatic heterocycles. The summed E-state index contributed by atoms with van der Waals surface area (Å²) in [7, 11) is 0. The number of anilines is 1. The first-order valence-electron chi connectivity index (χ1n) is 11.7. The van der Waals surface area contributed by atoms with Gasteiger partial charge in [0.05, 0.1) is 26.4 Å². The van der Waals surface area contributed by atoms with Crippen LogP contribution in [-0.4, -0.2) is 36.7 Å². The zero-order valence-corrected chi connectivity index (χ0v) is 20.6. The zero-order valence-electron chi connectivity index (χ0n) is 20.6. The number of nitrogens with one attached hydrogen (secondary N) is 2. The summed E-state index contributed by atoms with van der Waals surface area (Å²) in [4.78, 5) is 21.9. The Bertz CT molecular complexity index is 1100. The Kier molecular flexibility index (Phi) is 9.48. The molecule has 2 aromatic carbocycles. The van der Waals surface area contributed by atoms with Crippen molar-refractivity contribution in [1.29, 1.82) is 0 Å². The standard InChI is InChI=1S/C27H32N4O4/c1-5-33-23-16-21(17-24(34-6-2)25(23)35-7-3)26(32)31-27(29-18-20-12-14-28-15-13-20)30-22-10-8-19(4)9-11-22/h8-17H,5-7,18H2,1-4H3,(H2,29,30,31,32). The van der Waals surface area contributed by atoms with Crippen LogP contribution in [0.4, 0.5) is 5.69 Å². The first-order valence-corrected chi connectivity index (χ1v) is 11.7. The largest absolute Gasteiger partial charge is 0.490 e. The first kappa shape index (κ1) is 25.6. The van der Waals surface area contributed by atoms with Crippen LogP contribution < -0.4 is 24.8 Å². The monoisotopic (exact) mass is 476 g/mol. The molecule has 184 valence electrons. The lowest BCUT2D eigenvalue weighted by Crippen LogP contribution is -2.36. The van der Waals surface area contributed by atoms with Crippen LogP contribution in [0.2, 0.25) is 0 Å². The van der Waals surface area contributed by atoms with E-state index in [1.807, 2.05) is 64.1 Å². The van der Waals surface area contributed by atoms with Crippen LogP contribution in [0.15, 0.2) is 65.9 Å². The van der Waals surface area contributed by atoms with Gasteiger partial charge in [-0.3, -0.25) is 15.1 Å². The van der Waals surface area contributed by atoms with Gasteiger partial charge in [-0.2, -0.15) is 0 Å². The number of amides is 1. The smallest absolute Gasteiger partial charge is 0.258 e. The van der Waals surface area contributed by atoms with Crippen LogP contribution in [0.5, 0.6) is 17.2 Å². The summed E-state index contributed by atoms with van der Waals surface area (Å²) < 4.78 is 17.2. The number of aromatic nitrogens is 1. The van der Waals surface area contributed by atoms with E-state index in [4.69, 9.17) is 14.2 Å². The Morgan fingerprint density at radius 3 is 2.06 bits per heavy atom. The van der Waals surface area contributed by atoms with Crippen molar-refractivity contribution in [2.75, 3.05) is 25.1 Å². The number of carbonyl (C=O) groups is 1. The fourth-order valence-electron chi connectivity index (χ4n) is 3.24. The van der Waals surface area contributed by atoms with Crippen molar-refractivity contribution in [3.8, 4) is 17.2 Å². The predicted molar refractivity (Wildman–Crippen MR) is 138 cm³/mol. The molecule has 0 spiro atoms. The number of carbonyl (C=O) groups excluding carboxylic acids is 1. The molecule has 8 nitrogen and oxygen atoms in total. The maximum absolute atomic E-state index is 13.3. The summed E-state index contributed by atoms with van der Waals surface area (Å²) in [6, 6.07) is 14.9. The highest BCUT2D eigenvalue weighted by atomic mass is 16.5. The normalized spacial score (nSPS) is 11.0. The Morgan fingerprint density at radius 1 is 0.886 bits per heavy atom. The quantitative estimate of drug-likeness (QED) is 0.316. The minimum atomic E-state index is -0.358. The van der Waals surface area contributed by atoms with Gasteiger partial charge >= 0.3 is 0 Å². The molecule has 3 aromatic rings. The van der Waals surface area contributed by atoms with Crippen molar-refractivity contribution >= 4 is 17.6 Å². The molecule has 2 N–H and O–H groups in total. The number of aryl methyl sites for hydroxylation is 1. The molecular formula is C27H32N4O4. The van der Waals surface area contributed by atoms with Crippen molar-refractivity contribution in [1.82, 2.24) is 10.3 Å². The number of benzene rings is 2. The van der Waals surface area contributed by atoms with E-state index in [0.29, 0.717) is 55.1 Å². The van der Waals surface area contributed by atoms with E-state index in [9.17, 15) is 4.79 Å². The number of hydrogen-bond acceptors (Lipinski definition) is 6. The number of nitrogens with zero attached hydrogens (tertiary/aromatic N) is 2. The van der Waals surface area contributed by atoms with Gasteiger partial charge in [-0.15, -0.1) is 0 Å². The molecule has 0 fully saturated rings. The Hall–Kier alpha value is -4.07. The summed E-state index contributed by atoms with van der Waals surface area (Å²) in [6.07, 6.45) is 3.42. The number of aliphatic imine (C=N–C) groups is 1. The van der Waals surface area contributed by atoms with Gasteiger partial charge in [0, 0.05) is 23.6 Å². The van der Waals surface area contributed by atoms with Crippen LogP contribution in [-0.2, 0) is 6.54 Å². The Labute approximate surface area is 206 Å². The average Bonchev–Trinajstić information content (AvgIpc) is 2.86. The third-order valence-corrected chi connectivity index (χ3v) is 4.89. The fraction of sp³-hybridized carbons (Fsp3) is 0.296. The molecule has 1 heterocycles. The van der Waals surface area contributed by atoms with Crippen molar-refractivity contribution < 1.29 is 19.0 Å². The maximum Gasteiger partial charge on any atom is 0.258 e. The third-order valence-electron chi connectivity index (χ3n) is 4.89. The van der Waals surface area contributed by atoms with E-state index in [0.717, 1.165) is 16.8 Å². The summed E-state index contributed by atoms with van der Waals surface area (Å²) in [5.74, 6) is 1.35. The van der Waals surface area contributed by atoms with E-state index < -0.39 is 0 Å². The van der Waals surface area contributed by atoms with E-state index in [-0.39, 0.29) is 5.91 Å². The van der Waals surface area contributed by atoms with Crippen molar-refractivity contribution in [2.24, 2.45) is 4.99 Å². The second-order valence-corrected chi connectivity index (χ2v) is 7.57. The molecule has 0 bridgehead atoms. The average molecular weight is 477 g/mol. The van der Waals surface area contributed by atoms with E-state index in [1.165, 1.54) is 0 Å². The first-order chi connectivity index (χ1) is 17.0. The Morgan fingerprint density at radius 2 is 1.49 bits per heavy atom. The molecule has 0 saturated heterocycles. The lowest BCUT2D eigenvalue weighted by atomic mass is 10.1.